The van der Waals surface area contributed by atoms with Crippen molar-refractivity contribution >= 4 is 5.78 Å². The quantitative estimate of drug-likeness (QED) is 0.921. The van der Waals surface area contributed by atoms with E-state index in [2.05, 4.69) is 6.07 Å². The summed E-state index contributed by atoms with van der Waals surface area (Å²) in [6.45, 7) is 0.727. The van der Waals surface area contributed by atoms with Crippen molar-refractivity contribution in [2.24, 2.45) is 11.7 Å². The van der Waals surface area contributed by atoms with Gasteiger partial charge in [0.05, 0.1) is 6.61 Å². The lowest BCUT2D eigenvalue weighted by molar-refractivity contribution is -0.124. The van der Waals surface area contributed by atoms with E-state index in [1.165, 1.54) is 5.56 Å². The molecule has 1 aliphatic heterocycles. The Morgan fingerprint density at radius 2 is 1.90 bits per heavy atom. The van der Waals surface area contributed by atoms with E-state index in [0.29, 0.717) is 24.2 Å². The number of fused-ring (bicyclic) bond motifs is 1. The van der Waals surface area contributed by atoms with Crippen LogP contribution in [0.5, 0.6) is 5.75 Å². The summed E-state index contributed by atoms with van der Waals surface area (Å²) in [4.78, 5) is 12.5. The topological polar surface area (TPSA) is 52.3 Å². The monoisotopic (exact) mass is 273 g/mol. The van der Waals surface area contributed by atoms with E-state index < -0.39 is 0 Å². The second-order valence-corrected chi connectivity index (χ2v) is 6.15. The van der Waals surface area contributed by atoms with Crippen molar-refractivity contribution in [3.63, 3.8) is 0 Å². The van der Waals surface area contributed by atoms with Gasteiger partial charge in [0.1, 0.15) is 11.5 Å². The van der Waals surface area contributed by atoms with Crippen molar-refractivity contribution < 1.29 is 9.53 Å². The highest BCUT2D eigenvalue weighted by Crippen LogP contribution is 2.37. The molecule has 0 saturated heterocycles. The summed E-state index contributed by atoms with van der Waals surface area (Å²) in [5.74, 6) is 1.97. The zero-order chi connectivity index (χ0) is 13.9. The van der Waals surface area contributed by atoms with Gasteiger partial charge in [-0.15, -0.1) is 0 Å². The average Bonchev–Trinajstić information content (AvgIpc) is 2.48. The lowest BCUT2D eigenvalue weighted by Gasteiger charge is -2.29. The maximum Gasteiger partial charge on any atom is 0.136 e. The Morgan fingerprint density at radius 1 is 1.15 bits per heavy atom. The summed E-state index contributed by atoms with van der Waals surface area (Å²) in [6, 6.07) is 8.44. The van der Waals surface area contributed by atoms with Crippen LogP contribution in [0.2, 0.25) is 0 Å². The Kier molecular flexibility index (Phi) is 4.06. The van der Waals surface area contributed by atoms with Crippen LogP contribution in [0.15, 0.2) is 24.3 Å². The van der Waals surface area contributed by atoms with Gasteiger partial charge in [0.2, 0.25) is 0 Å². The second-order valence-electron chi connectivity index (χ2n) is 6.15. The molecule has 1 atom stereocenters. The number of nitrogens with two attached hydrogens (primary N) is 1. The van der Waals surface area contributed by atoms with Crippen LogP contribution < -0.4 is 10.5 Å². The summed E-state index contributed by atoms with van der Waals surface area (Å²) in [7, 11) is 0. The number of carbonyl (C=O) groups excluding carboxylic acids is 1. The first kappa shape index (κ1) is 13.6. The van der Waals surface area contributed by atoms with E-state index in [4.69, 9.17) is 10.5 Å². The zero-order valence-corrected chi connectivity index (χ0v) is 11.9. The van der Waals surface area contributed by atoms with E-state index in [9.17, 15) is 4.79 Å². The van der Waals surface area contributed by atoms with Gasteiger partial charge in [-0.3, -0.25) is 4.79 Å². The van der Waals surface area contributed by atoms with Crippen LogP contribution in [-0.4, -0.2) is 18.4 Å². The Morgan fingerprint density at radius 3 is 2.70 bits per heavy atom. The number of para-hydroxylation sites is 1. The highest BCUT2D eigenvalue weighted by atomic mass is 16.5. The molecule has 20 heavy (non-hydrogen) atoms. The maximum absolute atomic E-state index is 12.5. The molecular formula is C17H23NO2. The third-order valence-corrected chi connectivity index (χ3v) is 4.76. The minimum atomic E-state index is 0.241. The number of Topliss-reactive ketones (excluding diaryl/α,β-unsaturated/α-hetero) is 1. The first-order valence-electron chi connectivity index (χ1n) is 7.74. The van der Waals surface area contributed by atoms with Crippen molar-refractivity contribution in [1.82, 2.24) is 0 Å². The number of benzene rings is 1. The number of ketones is 1. The minimum Gasteiger partial charge on any atom is -0.493 e. The van der Waals surface area contributed by atoms with E-state index >= 15 is 0 Å². The van der Waals surface area contributed by atoms with Crippen LogP contribution in [0.1, 0.15) is 50.0 Å². The zero-order valence-electron chi connectivity index (χ0n) is 11.9. The van der Waals surface area contributed by atoms with Crippen molar-refractivity contribution in [2.75, 3.05) is 6.61 Å². The van der Waals surface area contributed by atoms with Gasteiger partial charge in [0, 0.05) is 18.4 Å². The molecule has 1 aromatic carbocycles. The number of carbonyl (C=O) groups is 1. The van der Waals surface area contributed by atoms with Gasteiger partial charge in [-0.2, -0.15) is 0 Å². The number of hydrogen-bond donors (Lipinski definition) is 1. The summed E-state index contributed by atoms with van der Waals surface area (Å²) in [5, 5.41) is 0. The molecular weight excluding hydrogens is 250 g/mol. The molecule has 3 heteroatoms. The lowest BCUT2D eigenvalue weighted by Crippen LogP contribution is -2.30. The molecule has 0 bridgehead atoms. The average molecular weight is 273 g/mol. The molecule has 0 spiro atoms. The molecule has 1 fully saturated rings. The standard InChI is InChI=1S/C17H23NO2/c18-14-7-5-12(6-8-14)16(19)11-13-9-10-20-17-4-2-1-3-15(13)17/h1-4,12-14H,5-11,18H2. The summed E-state index contributed by atoms with van der Waals surface area (Å²) < 4.78 is 5.67. The predicted molar refractivity (Wildman–Crippen MR) is 78.9 cm³/mol. The Bertz CT molecular complexity index is 478. The fourth-order valence-electron chi connectivity index (χ4n) is 3.48. The van der Waals surface area contributed by atoms with Gasteiger partial charge in [-0.25, -0.2) is 0 Å². The smallest absolute Gasteiger partial charge is 0.136 e. The van der Waals surface area contributed by atoms with Gasteiger partial charge >= 0.3 is 0 Å². The third kappa shape index (κ3) is 2.88. The van der Waals surface area contributed by atoms with Crippen molar-refractivity contribution in [3.05, 3.63) is 29.8 Å². The fraction of sp³-hybridized carbons (Fsp3) is 0.588. The van der Waals surface area contributed by atoms with Crippen molar-refractivity contribution in [3.8, 4) is 5.75 Å². The fourth-order valence-corrected chi connectivity index (χ4v) is 3.48. The molecule has 3 nitrogen and oxygen atoms in total. The molecule has 0 amide bonds. The molecule has 1 heterocycles. The Hall–Kier alpha value is -1.35. The Balaban J connectivity index is 1.65. The van der Waals surface area contributed by atoms with Crippen LogP contribution >= 0.6 is 0 Å². The largest absolute Gasteiger partial charge is 0.493 e. The molecule has 1 aliphatic carbocycles. The van der Waals surface area contributed by atoms with Gasteiger partial charge in [-0.05, 0) is 49.7 Å². The highest BCUT2D eigenvalue weighted by Gasteiger charge is 2.29. The molecule has 108 valence electrons. The normalized spacial score (nSPS) is 29.4. The summed E-state index contributed by atoms with van der Waals surface area (Å²) >= 11 is 0. The van der Waals surface area contributed by atoms with Crippen molar-refractivity contribution in [1.29, 1.82) is 0 Å². The molecule has 1 aromatic rings. The Labute approximate surface area is 120 Å². The molecule has 2 aliphatic rings. The number of rotatable bonds is 3. The number of hydrogen-bond acceptors (Lipinski definition) is 3. The maximum atomic E-state index is 12.5. The SMILES string of the molecule is NC1CCC(C(=O)CC2CCOc3ccccc32)CC1. The van der Waals surface area contributed by atoms with Gasteiger partial charge in [0.25, 0.3) is 0 Å². The van der Waals surface area contributed by atoms with E-state index in [1.54, 1.807) is 0 Å². The molecule has 0 radical (unpaired) electrons. The molecule has 1 unspecified atom stereocenters. The second kappa shape index (κ2) is 5.96. The number of ether oxygens (including phenoxy) is 1. The molecule has 0 aromatic heterocycles. The summed E-state index contributed by atoms with van der Waals surface area (Å²) in [6.07, 6.45) is 5.58. The lowest BCUT2D eigenvalue weighted by atomic mass is 9.79. The predicted octanol–water partition coefficient (Wildman–Crippen LogP) is 3.03. The molecule has 2 N–H and O–H groups in total. The van der Waals surface area contributed by atoms with Crippen LogP contribution in [-0.2, 0) is 4.79 Å². The van der Waals surface area contributed by atoms with E-state index in [1.807, 2.05) is 18.2 Å². The summed E-state index contributed by atoms with van der Waals surface area (Å²) in [5.41, 5.74) is 7.12. The third-order valence-electron chi connectivity index (χ3n) is 4.76. The minimum absolute atomic E-state index is 0.241. The van der Waals surface area contributed by atoms with Crippen LogP contribution in [0.4, 0.5) is 0 Å². The van der Waals surface area contributed by atoms with Gasteiger partial charge in [-0.1, -0.05) is 18.2 Å². The van der Waals surface area contributed by atoms with E-state index in [0.717, 1.165) is 44.5 Å². The van der Waals surface area contributed by atoms with Crippen molar-refractivity contribution in [2.45, 2.75) is 50.5 Å². The molecule has 1 saturated carbocycles. The van der Waals surface area contributed by atoms with Gasteiger partial charge in [0.15, 0.2) is 0 Å². The van der Waals surface area contributed by atoms with Gasteiger partial charge < -0.3 is 10.5 Å². The van der Waals surface area contributed by atoms with Crippen LogP contribution in [0.25, 0.3) is 0 Å². The first-order chi connectivity index (χ1) is 9.74. The first-order valence-corrected chi connectivity index (χ1v) is 7.74. The molecule has 3 rings (SSSR count). The van der Waals surface area contributed by atoms with Crippen LogP contribution in [0.3, 0.4) is 0 Å². The van der Waals surface area contributed by atoms with E-state index in [-0.39, 0.29) is 5.92 Å². The van der Waals surface area contributed by atoms with Crippen LogP contribution in [0, 0.1) is 5.92 Å². The highest BCUT2D eigenvalue weighted by molar-refractivity contribution is 5.82.